The quantitative estimate of drug-likeness (QED) is 0.879. The minimum absolute atomic E-state index is 0.0190. The molecule has 2 heterocycles. The molecule has 3 atom stereocenters. The Balaban J connectivity index is 1.39. The predicted molar refractivity (Wildman–Crippen MR) is 96.5 cm³/mol. The van der Waals surface area contributed by atoms with E-state index in [1.54, 1.807) is 0 Å². The number of carboxylic acids is 1. The molecule has 2 fully saturated rings. The zero-order valence-electron chi connectivity index (χ0n) is 14.0. The molecule has 2 aliphatic rings. The van der Waals surface area contributed by atoms with Crippen LogP contribution in [0.4, 0.5) is 5.69 Å². The lowest BCUT2D eigenvalue weighted by Gasteiger charge is -2.22. The maximum atomic E-state index is 12.4. The molecule has 0 aromatic heterocycles. The number of carbonyl (C=O) groups is 2. The maximum absolute atomic E-state index is 12.4. The Bertz CT molecular complexity index is 814. The van der Waals surface area contributed by atoms with E-state index in [9.17, 15) is 14.7 Å². The lowest BCUT2D eigenvalue weighted by Crippen LogP contribution is -2.35. The van der Waals surface area contributed by atoms with E-state index in [1.165, 1.54) is 0 Å². The van der Waals surface area contributed by atoms with Crippen molar-refractivity contribution in [2.45, 2.75) is 37.8 Å². The fourth-order valence-electron chi connectivity index (χ4n) is 4.49. The van der Waals surface area contributed by atoms with Crippen LogP contribution in [0.25, 0.3) is 10.8 Å². The van der Waals surface area contributed by atoms with Gasteiger partial charge in [0.25, 0.3) is 0 Å². The first-order chi connectivity index (χ1) is 12.1. The Morgan fingerprint density at radius 3 is 2.72 bits per heavy atom. The fourth-order valence-corrected chi connectivity index (χ4v) is 4.49. The number of anilines is 1. The van der Waals surface area contributed by atoms with Crippen LogP contribution in [0.5, 0.6) is 0 Å². The molecule has 1 amide bonds. The molecule has 0 spiro atoms. The van der Waals surface area contributed by atoms with Gasteiger partial charge in [0.15, 0.2) is 0 Å². The summed E-state index contributed by atoms with van der Waals surface area (Å²) in [5.74, 6) is -0.980. The van der Waals surface area contributed by atoms with Crippen molar-refractivity contribution in [3.63, 3.8) is 0 Å². The van der Waals surface area contributed by atoms with Crippen molar-refractivity contribution in [2.75, 3.05) is 11.9 Å². The summed E-state index contributed by atoms with van der Waals surface area (Å²) < 4.78 is 0. The van der Waals surface area contributed by atoms with Gasteiger partial charge < -0.3 is 10.4 Å². The van der Waals surface area contributed by atoms with Gasteiger partial charge in [0.05, 0.1) is 5.92 Å². The van der Waals surface area contributed by atoms with Crippen LogP contribution in [-0.4, -0.2) is 40.5 Å². The molecule has 2 saturated heterocycles. The molecule has 130 valence electrons. The summed E-state index contributed by atoms with van der Waals surface area (Å²) in [4.78, 5) is 26.0. The Hall–Kier alpha value is -2.40. The second-order valence-electron chi connectivity index (χ2n) is 7.04. The Labute approximate surface area is 146 Å². The van der Waals surface area contributed by atoms with Gasteiger partial charge in [0.2, 0.25) is 5.91 Å². The monoisotopic (exact) mass is 338 g/mol. The molecule has 2 N–H and O–H groups in total. The van der Waals surface area contributed by atoms with E-state index in [2.05, 4.69) is 10.2 Å². The van der Waals surface area contributed by atoms with E-state index in [-0.39, 0.29) is 17.9 Å². The number of carboxylic acid groups (broad SMARTS) is 1. The van der Waals surface area contributed by atoms with Gasteiger partial charge in [0, 0.05) is 36.1 Å². The third kappa shape index (κ3) is 3.00. The average Bonchev–Trinajstić information content (AvgIpc) is 3.17. The van der Waals surface area contributed by atoms with Crippen molar-refractivity contribution >= 4 is 28.3 Å². The number of nitrogens with zero attached hydrogens (tertiary/aromatic N) is 1. The van der Waals surface area contributed by atoms with Crippen LogP contribution >= 0.6 is 0 Å². The first-order valence-corrected chi connectivity index (χ1v) is 8.89. The minimum atomic E-state index is -0.697. The number of hydrogen-bond donors (Lipinski definition) is 2. The number of amides is 1. The second kappa shape index (κ2) is 6.48. The van der Waals surface area contributed by atoms with Crippen LogP contribution in [0.1, 0.15) is 25.7 Å². The van der Waals surface area contributed by atoms with E-state index in [1.807, 2.05) is 42.5 Å². The molecule has 25 heavy (non-hydrogen) atoms. The molecule has 0 radical (unpaired) electrons. The van der Waals surface area contributed by atoms with E-state index in [0.29, 0.717) is 19.0 Å². The first kappa shape index (κ1) is 16.1. The number of fused-ring (bicyclic) bond motifs is 3. The normalized spacial score (nSPS) is 25.4. The van der Waals surface area contributed by atoms with E-state index < -0.39 is 5.97 Å². The number of rotatable bonds is 5. The molecule has 3 unspecified atom stereocenters. The lowest BCUT2D eigenvalue weighted by atomic mass is 9.89. The van der Waals surface area contributed by atoms with Crippen LogP contribution in [-0.2, 0) is 9.59 Å². The van der Waals surface area contributed by atoms with E-state index >= 15 is 0 Å². The largest absolute Gasteiger partial charge is 0.481 e. The van der Waals surface area contributed by atoms with Crippen molar-refractivity contribution in [1.29, 1.82) is 0 Å². The zero-order chi connectivity index (χ0) is 17.4. The van der Waals surface area contributed by atoms with Gasteiger partial charge in [-0.25, -0.2) is 0 Å². The molecule has 0 saturated carbocycles. The van der Waals surface area contributed by atoms with Crippen LogP contribution in [0.15, 0.2) is 42.5 Å². The Morgan fingerprint density at radius 1 is 1.12 bits per heavy atom. The van der Waals surface area contributed by atoms with E-state index in [0.717, 1.165) is 35.7 Å². The molecule has 2 aromatic rings. The van der Waals surface area contributed by atoms with Crippen LogP contribution in [0.2, 0.25) is 0 Å². The highest BCUT2D eigenvalue weighted by Crippen LogP contribution is 2.41. The number of hydrogen-bond acceptors (Lipinski definition) is 3. The summed E-state index contributed by atoms with van der Waals surface area (Å²) in [6, 6.07) is 14.3. The van der Waals surface area contributed by atoms with Gasteiger partial charge in [-0.15, -0.1) is 0 Å². The van der Waals surface area contributed by atoms with Crippen molar-refractivity contribution < 1.29 is 14.7 Å². The van der Waals surface area contributed by atoms with E-state index in [4.69, 9.17) is 0 Å². The highest BCUT2D eigenvalue weighted by Gasteiger charge is 2.48. The zero-order valence-corrected chi connectivity index (χ0v) is 14.0. The molecule has 5 heteroatoms. The van der Waals surface area contributed by atoms with Crippen LogP contribution in [0.3, 0.4) is 0 Å². The molecule has 5 nitrogen and oxygen atoms in total. The summed E-state index contributed by atoms with van der Waals surface area (Å²) in [5, 5.41) is 14.5. The molecule has 4 rings (SSSR count). The second-order valence-corrected chi connectivity index (χ2v) is 7.04. The minimum Gasteiger partial charge on any atom is -0.481 e. The predicted octanol–water partition coefficient (Wildman–Crippen LogP) is 3.11. The summed E-state index contributed by atoms with van der Waals surface area (Å²) >= 11 is 0. The Morgan fingerprint density at radius 2 is 1.92 bits per heavy atom. The maximum Gasteiger partial charge on any atom is 0.308 e. The summed E-state index contributed by atoms with van der Waals surface area (Å²) in [6.45, 7) is 0.635. The van der Waals surface area contributed by atoms with Gasteiger partial charge in [-0.1, -0.05) is 36.4 Å². The standard InChI is InChI=1S/C20H22N2O3/c23-19(21-17-7-3-5-13-4-1-2-6-15(13)17)10-11-22-14-8-9-18(22)16(12-14)20(24)25/h1-7,14,16,18H,8-12H2,(H,21,23)(H,24,25). The number of carbonyl (C=O) groups excluding carboxylic acids is 1. The topological polar surface area (TPSA) is 69.6 Å². The van der Waals surface area contributed by atoms with Gasteiger partial charge in [-0.3, -0.25) is 14.5 Å². The van der Waals surface area contributed by atoms with Crippen LogP contribution < -0.4 is 5.32 Å². The van der Waals surface area contributed by atoms with Crippen LogP contribution in [0, 0.1) is 5.92 Å². The van der Waals surface area contributed by atoms with Crippen molar-refractivity contribution in [2.24, 2.45) is 5.92 Å². The molecule has 2 aromatic carbocycles. The summed E-state index contributed by atoms with van der Waals surface area (Å²) in [5.41, 5.74) is 0.830. The molecular weight excluding hydrogens is 316 g/mol. The third-order valence-corrected chi connectivity index (χ3v) is 5.66. The number of aliphatic carboxylic acids is 1. The number of nitrogens with one attached hydrogen (secondary N) is 1. The first-order valence-electron chi connectivity index (χ1n) is 8.89. The summed E-state index contributed by atoms with van der Waals surface area (Å²) in [6.07, 6.45) is 3.11. The average molecular weight is 338 g/mol. The van der Waals surface area contributed by atoms with Gasteiger partial charge >= 0.3 is 5.97 Å². The Kier molecular flexibility index (Phi) is 4.17. The molecule has 2 bridgehead atoms. The fraction of sp³-hybridized carbons (Fsp3) is 0.400. The van der Waals surface area contributed by atoms with Gasteiger partial charge in [-0.05, 0) is 30.7 Å². The smallest absolute Gasteiger partial charge is 0.308 e. The lowest BCUT2D eigenvalue weighted by molar-refractivity contribution is -0.142. The van der Waals surface area contributed by atoms with Crippen molar-refractivity contribution in [3.8, 4) is 0 Å². The highest BCUT2D eigenvalue weighted by atomic mass is 16.4. The van der Waals surface area contributed by atoms with Crippen molar-refractivity contribution in [3.05, 3.63) is 42.5 Å². The molecule has 0 aliphatic carbocycles. The third-order valence-electron chi connectivity index (χ3n) is 5.66. The molecular formula is C20H22N2O3. The van der Waals surface area contributed by atoms with Crippen molar-refractivity contribution in [1.82, 2.24) is 4.90 Å². The van der Waals surface area contributed by atoms with Gasteiger partial charge in [-0.2, -0.15) is 0 Å². The van der Waals surface area contributed by atoms with Gasteiger partial charge in [0.1, 0.15) is 0 Å². The highest BCUT2D eigenvalue weighted by molar-refractivity contribution is 6.02. The summed E-state index contributed by atoms with van der Waals surface area (Å²) in [7, 11) is 0. The molecule has 2 aliphatic heterocycles. The number of benzene rings is 2. The SMILES string of the molecule is O=C(CCN1C2CCC1C(C(=O)O)C2)Nc1cccc2ccccc12.